The minimum absolute atomic E-state index is 0.201. The fourth-order valence-electron chi connectivity index (χ4n) is 1.70. The van der Waals surface area contributed by atoms with E-state index in [2.05, 4.69) is 41.1 Å². The molecule has 0 heterocycles. The fraction of sp³-hybridized carbons (Fsp3) is 0.143. The molecule has 0 spiro atoms. The Labute approximate surface area is 109 Å². The van der Waals surface area contributed by atoms with E-state index >= 15 is 0 Å². The van der Waals surface area contributed by atoms with Crippen molar-refractivity contribution in [3.63, 3.8) is 0 Å². The Bertz CT molecular complexity index is 479. The van der Waals surface area contributed by atoms with Gasteiger partial charge in [-0.05, 0) is 29.7 Å². The van der Waals surface area contributed by atoms with Crippen LogP contribution in [0, 0.1) is 6.92 Å². The van der Waals surface area contributed by atoms with Gasteiger partial charge in [-0.2, -0.15) is 0 Å². The molecule has 0 saturated heterocycles. The van der Waals surface area contributed by atoms with Gasteiger partial charge in [0.25, 0.3) is 0 Å². The van der Waals surface area contributed by atoms with Crippen molar-refractivity contribution in [2.75, 3.05) is 0 Å². The number of alkyl halides is 1. The van der Waals surface area contributed by atoms with Crippen LogP contribution in [0.3, 0.4) is 0 Å². The van der Waals surface area contributed by atoms with E-state index in [0.717, 1.165) is 10.6 Å². The van der Waals surface area contributed by atoms with Gasteiger partial charge in [-0.3, -0.25) is 0 Å². The van der Waals surface area contributed by atoms with Crippen LogP contribution in [0.25, 0.3) is 0 Å². The Morgan fingerprint density at radius 3 is 2.38 bits per heavy atom. The first-order valence-electron chi connectivity index (χ1n) is 5.14. The van der Waals surface area contributed by atoms with Crippen LogP contribution in [-0.4, -0.2) is 0 Å². The third kappa shape index (κ3) is 2.31. The summed E-state index contributed by atoms with van der Waals surface area (Å²) in [6.45, 7) is 2.05. The molecule has 0 nitrogen and oxygen atoms in total. The number of rotatable bonds is 2. The van der Waals surface area contributed by atoms with Crippen molar-refractivity contribution in [3.8, 4) is 0 Å². The highest BCUT2D eigenvalue weighted by Gasteiger charge is 2.13. The molecule has 2 rings (SSSR count). The van der Waals surface area contributed by atoms with Gasteiger partial charge in [-0.15, -0.1) is 0 Å². The van der Waals surface area contributed by atoms with Crippen LogP contribution in [-0.2, 0) is 0 Å². The Morgan fingerprint density at radius 2 is 1.69 bits per heavy atom. The molecule has 0 amide bonds. The summed E-state index contributed by atoms with van der Waals surface area (Å²) in [4.78, 5) is 0.201. The van der Waals surface area contributed by atoms with Crippen LogP contribution in [0.4, 0.5) is 0 Å². The van der Waals surface area contributed by atoms with Gasteiger partial charge in [0.05, 0.1) is 4.83 Å². The molecule has 0 N–H and O–H groups in total. The van der Waals surface area contributed by atoms with E-state index in [1.165, 1.54) is 11.1 Å². The molecule has 1 atom stereocenters. The average molecular weight is 296 g/mol. The highest BCUT2D eigenvalue weighted by atomic mass is 79.9. The molecule has 2 aromatic rings. The molecule has 0 aromatic heterocycles. The summed E-state index contributed by atoms with van der Waals surface area (Å²) in [5.41, 5.74) is 3.60. The van der Waals surface area contributed by atoms with Gasteiger partial charge < -0.3 is 0 Å². The van der Waals surface area contributed by atoms with Crippen molar-refractivity contribution in [2.24, 2.45) is 0 Å². The zero-order chi connectivity index (χ0) is 11.5. The molecule has 0 aliphatic carbocycles. The fourth-order valence-corrected chi connectivity index (χ4v) is 2.68. The molecule has 16 heavy (non-hydrogen) atoms. The number of benzene rings is 2. The Balaban J connectivity index is 2.42. The molecule has 1 unspecified atom stereocenters. The van der Waals surface area contributed by atoms with Crippen molar-refractivity contribution < 1.29 is 0 Å². The van der Waals surface area contributed by atoms with Crippen molar-refractivity contribution in [1.29, 1.82) is 0 Å². The molecule has 0 saturated carbocycles. The zero-order valence-corrected chi connectivity index (χ0v) is 11.3. The third-order valence-corrected chi connectivity index (χ3v) is 4.11. The third-order valence-electron chi connectivity index (χ3n) is 2.67. The summed E-state index contributed by atoms with van der Waals surface area (Å²) >= 11 is 9.84. The normalized spacial score (nSPS) is 12.4. The highest BCUT2D eigenvalue weighted by Crippen LogP contribution is 2.34. The Kier molecular flexibility index (Phi) is 3.67. The summed E-state index contributed by atoms with van der Waals surface area (Å²) < 4.78 is 0. The lowest BCUT2D eigenvalue weighted by Crippen LogP contribution is -1.95. The van der Waals surface area contributed by atoms with E-state index < -0.39 is 0 Å². The van der Waals surface area contributed by atoms with Crippen LogP contribution in [0.2, 0.25) is 5.02 Å². The standard InChI is InChI=1S/C14H12BrCl/c1-10-12(8-5-9-13(10)16)14(15)11-6-3-2-4-7-11/h2-9,14H,1H3. The van der Waals surface area contributed by atoms with E-state index in [-0.39, 0.29) is 4.83 Å². The van der Waals surface area contributed by atoms with Gasteiger partial charge in [-0.1, -0.05) is 70.0 Å². The smallest absolute Gasteiger partial charge is 0.0647 e. The molecule has 0 aliphatic rings. The van der Waals surface area contributed by atoms with Crippen molar-refractivity contribution in [3.05, 3.63) is 70.2 Å². The molecule has 0 fully saturated rings. The van der Waals surface area contributed by atoms with Gasteiger partial charge >= 0.3 is 0 Å². The van der Waals surface area contributed by atoms with Crippen LogP contribution >= 0.6 is 27.5 Å². The quantitative estimate of drug-likeness (QED) is 0.674. The first-order valence-corrected chi connectivity index (χ1v) is 6.43. The van der Waals surface area contributed by atoms with Crippen molar-refractivity contribution >= 4 is 27.5 Å². The van der Waals surface area contributed by atoms with E-state index in [1.807, 2.05) is 30.3 Å². The minimum Gasteiger partial charge on any atom is -0.0840 e. The van der Waals surface area contributed by atoms with Crippen molar-refractivity contribution in [2.45, 2.75) is 11.8 Å². The van der Waals surface area contributed by atoms with E-state index in [9.17, 15) is 0 Å². The highest BCUT2D eigenvalue weighted by molar-refractivity contribution is 9.09. The second kappa shape index (κ2) is 5.03. The zero-order valence-electron chi connectivity index (χ0n) is 8.95. The lowest BCUT2D eigenvalue weighted by Gasteiger charge is -2.14. The second-order valence-electron chi connectivity index (χ2n) is 3.73. The van der Waals surface area contributed by atoms with Crippen molar-refractivity contribution in [1.82, 2.24) is 0 Å². The maximum absolute atomic E-state index is 6.12. The van der Waals surface area contributed by atoms with Gasteiger partial charge in [0.2, 0.25) is 0 Å². The number of halogens is 2. The molecule has 82 valence electrons. The SMILES string of the molecule is Cc1c(Cl)cccc1C(Br)c1ccccc1. The van der Waals surface area contributed by atoms with Crippen LogP contribution in [0.15, 0.2) is 48.5 Å². The predicted octanol–water partition coefficient (Wildman–Crippen LogP) is 5.13. The predicted molar refractivity (Wildman–Crippen MR) is 73.4 cm³/mol. The Morgan fingerprint density at radius 1 is 1.00 bits per heavy atom. The van der Waals surface area contributed by atoms with Gasteiger partial charge in [0.15, 0.2) is 0 Å². The van der Waals surface area contributed by atoms with Crippen LogP contribution in [0.5, 0.6) is 0 Å². The van der Waals surface area contributed by atoms with Gasteiger partial charge in [0, 0.05) is 5.02 Å². The molecular weight excluding hydrogens is 284 g/mol. The summed E-state index contributed by atoms with van der Waals surface area (Å²) in [6.07, 6.45) is 0. The average Bonchev–Trinajstić information content (AvgIpc) is 2.33. The molecule has 2 heteroatoms. The maximum atomic E-state index is 6.12. The lowest BCUT2D eigenvalue weighted by molar-refractivity contribution is 1.14. The molecule has 0 bridgehead atoms. The summed E-state index contributed by atoms with van der Waals surface area (Å²) in [7, 11) is 0. The van der Waals surface area contributed by atoms with Crippen LogP contribution in [0.1, 0.15) is 21.5 Å². The molecule has 0 aliphatic heterocycles. The second-order valence-corrected chi connectivity index (χ2v) is 5.05. The number of hydrogen-bond acceptors (Lipinski definition) is 0. The molecule has 0 radical (unpaired) electrons. The van der Waals surface area contributed by atoms with Gasteiger partial charge in [0.1, 0.15) is 0 Å². The first kappa shape index (κ1) is 11.7. The lowest BCUT2D eigenvalue weighted by atomic mass is 10.0. The number of hydrogen-bond donors (Lipinski definition) is 0. The van der Waals surface area contributed by atoms with E-state index in [4.69, 9.17) is 11.6 Å². The monoisotopic (exact) mass is 294 g/mol. The summed E-state index contributed by atoms with van der Waals surface area (Å²) in [6, 6.07) is 16.3. The summed E-state index contributed by atoms with van der Waals surface area (Å²) in [5, 5.41) is 0.817. The van der Waals surface area contributed by atoms with Crippen LogP contribution < -0.4 is 0 Å². The molecule has 2 aromatic carbocycles. The first-order chi connectivity index (χ1) is 7.70. The van der Waals surface area contributed by atoms with Gasteiger partial charge in [-0.25, -0.2) is 0 Å². The van der Waals surface area contributed by atoms with E-state index in [0.29, 0.717) is 0 Å². The van der Waals surface area contributed by atoms with E-state index in [1.54, 1.807) is 0 Å². The summed E-state index contributed by atoms with van der Waals surface area (Å²) in [5.74, 6) is 0. The minimum atomic E-state index is 0.201. The molecular formula is C14H12BrCl. The topological polar surface area (TPSA) is 0 Å². The largest absolute Gasteiger partial charge is 0.0840 e. The maximum Gasteiger partial charge on any atom is 0.0647 e. The Hall–Kier alpha value is -0.790.